The fourth-order valence-electron chi connectivity index (χ4n) is 1.61. The Kier molecular flexibility index (Phi) is 5.03. The Hall–Kier alpha value is -1.53. The van der Waals surface area contributed by atoms with Gasteiger partial charge in [-0.1, -0.05) is 0 Å². The fourth-order valence-corrected chi connectivity index (χ4v) is 2.99. The van der Waals surface area contributed by atoms with Crippen molar-refractivity contribution in [2.45, 2.75) is 13.5 Å². The molecule has 1 aromatic carbocycles. The first-order valence-corrected chi connectivity index (χ1v) is 7.70. The summed E-state index contributed by atoms with van der Waals surface area (Å²) in [5, 5.41) is 1.97. The van der Waals surface area contributed by atoms with Gasteiger partial charge in [0.25, 0.3) is 0 Å². The van der Waals surface area contributed by atoms with Crippen molar-refractivity contribution in [3.63, 3.8) is 0 Å². The van der Waals surface area contributed by atoms with Crippen LogP contribution in [0.4, 0.5) is 5.69 Å². The lowest BCUT2D eigenvalue weighted by atomic mass is 10.2. The predicted octanol–water partition coefficient (Wildman–Crippen LogP) is 3.85. The molecule has 4 nitrogen and oxygen atoms in total. The minimum Gasteiger partial charge on any atom is -0.487 e. The van der Waals surface area contributed by atoms with Crippen LogP contribution in [0.2, 0.25) is 0 Å². The van der Waals surface area contributed by atoms with Crippen LogP contribution in [0.5, 0.6) is 5.75 Å². The minimum atomic E-state index is -0.431. The number of hydrogen-bond donors (Lipinski definition) is 1. The van der Waals surface area contributed by atoms with Gasteiger partial charge in [0.05, 0.1) is 11.5 Å². The van der Waals surface area contributed by atoms with E-state index in [-0.39, 0.29) is 0 Å². The first-order valence-electron chi connectivity index (χ1n) is 6.03. The average Bonchev–Trinajstić information content (AvgIpc) is 2.83. The van der Waals surface area contributed by atoms with Gasteiger partial charge in [0.2, 0.25) is 0 Å². The number of carbonyl (C=O) groups is 1. The second-order valence-corrected chi connectivity index (χ2v) is 5.81. The van der Waals surface area contributed by atoms with Gasteiger partial charge >= 0.3 is 5.97 Å². The molecule has 2 N–H and O–H groups in total. The quantitative estimate of drug-likeness (QED) is 0.653. The monoisotopic (exact) mass is 355 g/mol. The van der Waals surface area contributed by atoms with E-state index in [9.17, 15) is 4.79 Å². The SMILES string of the molecule is CCOC(=O)c1cc(N)ccc1OCc1sccc1Br. The molecule has 2 rings (SSSR count). The maximum atomic E-state index is 11.9. The lowest BCUT2D eigenvalue weighted by Gasteiger charge is -2.11. The smallest absolute Gasteiger partial charge is 0.341 e. The lowest BCUT2D eigenvalue weighted by molar-refractivity contribution is 0.0521. The van der Waals surface area contributed by atoms with Crippen molar-refractivity contribution in [2.75, 3.05) is 12.3 Å². The Morgan fingerprint density at radius 1 is 1.40 bits per heavy atom. The van der Waals surface area contributed by atoms with E-state index < -0.39 is 5.97 Å². The number of carbonyl (C=O) groups excluding carboxylic acids is 1. The van der Waals surface area contributed by atoms with E-state index in [4.69, 9.17) is 15.2 Å². The summed E-state index contributed by atoms with van der Waals surface area (Å²) in [7, 11) is 0. The number of esters is 1. The molecule has 0 fully saturated rings. The molecular formula is C14H14BrNO3S. The Morgan fingerprint density at radius 3 is 2.85 bits per heavy atom. The maximum Gasteiger partial charge on any atom is 0.341 e. The molecule has 0 spiro atoms. The number of hydrogen-bond acceptors (Lipinski definition) is 5. The minimum absolute atomic E-state index is 0.309. The molecule has 0 aliphatic heterocycles. The van der Waals surface area contributed by atoms with Gasteiger partial charge in [0.15, 0.2) is 0 Å². The highest BCUT2D eigenvalue weighted by atomic mass is 79.9. The number of thiophene rings is 1. The highest BCUT2D eigenvalue weighted by Gasteiger charge is 2.15. The molecule has 0 amide bonds. The van der Waals surface area contributed by atoms with Crippen LogP contribution in [-0.4, -0.2) is 12.6 Å². The third-order valence-corrected chi connectivity index (χ3v) is 4.45. The molecular weight excluding hydrogens is 342 g/mol. The van der Waals surface area contributed by atoms with Crippen LogP contribution >= 0.6 is 27.3 Å². The van der Waals surface area contributed by atoms with Crippen molar-refractivity contribution in [1.82, 2.24) is 0 Å². The Balaban J connectivity index is 2.18. The average molecular weight is 356 g/mol. The van der Waals surface area contributed by atoms with Crippen LogP contribution in [0, 0.1) is 0 Å². The predicted molar refractivity (Wildman–Crippen MR) is 83.2 cm³/mol. The molecule has 1 aromatic heterocycles. The normalized spacial score (nSPS) is 10.3. The van der Waals surface area contributed by atoms with E-state index >= 15 is 0 Å². The Bertz CT molecular complexity index is 612. The number of rotatable bonds is 5. The molecule has 2 aromatic rings. The molecule has 1 heterocycles. The highest BCUT2D eigenvalue weighted by molar-refractivity contribution is 9.10. The van der Waals surface area contributed by atoms with Crippen LogP contribution < -0.4 is 10.5 Å². The molecule has 0 aliphatic rings. The van der Waals surface area contributed by atoms with Crippen LogP contribution in [0.1, 0.15) is 22.2 Å². The molecule has 0 saturated carbocycles. The second-order valence-electron chi connectivity index (χ2n) is 3.96. The summed E-state index contributed by atoms with van der Waals surface area (Å²) in [4.78, 5) is 12.9. The van der Waals surface area contributed by atoms with Crippen molar-refractivity contribution in [3.05, 3.63) is 44.6 Å². The van der Waals surface area contributed by atoms with E-state index in [1.54, 1.807) is 36.5 Å². The maximum absolute atomic E-state index is 11.9. The summed E-state index contributed by atoms with van der Waals surface area (Å²) in [5.41, 5.74) is 6.55. The summed E-state index contributed by atoms with van der Waals surface area (Å²) >= 11 is 5.03. The lowest BCUT2D eigenvalue weighted by Crippen LogP contribution is -2.08. The van der Waals surface area contributed by atoms with Gasteiger partial charge in [-0.15, -0.1) is 11.3 Å². The fraction of sp³-hybridized carbons (Fsp3) is 0.214. The molecule has 20 heavy (non-hydrogen) atoms. The van der Waals surface area contributed by atoms with E-state index in [1.807, 2.05) is 11.4 Å². The van der Waals surface area contributed by atoms with E-state index in [0.29, 0.717) is 30.2 Å². The Morgan fingerprint density at radius 2 is 2.20 bits per heavy atom. The van der Waals surface area contributed by atoms with Gasteiger partial charge in [-0.05, 0) is 52.5 Å². The first-order chi connectivity index (χ1) is 9.61. The van der Waals surface area contributed by atoms with Gasteiger partial charge in [0, 0.05) is 10.2 Å². The summed E-state index contributed by atoms with van der Waals surface area (Å²) in [5.74, 6) is 0.0398. The third kappa shape index (κ3) is 3.52. The number of halogens is 1. The topological polar surface area (TPSA) is 61.5 Å². The van der Waals surface area contributed by atoms with Crippen molar-refractivity contribution in [2.24, 2.45) is 0 Å². The summed E-state index contributed by atoms with van der Waals surface area (Å²) in [6.07, 6.45) is 0. The standard InChI is InChI=1S/C14H14BrNO3S/c1-2-18-14(17)10-7-9(16)3-4-12(10)19-8-13-11(15)5-6-20-13/h3-7H,2,8,16H2,1H3. The summed E-state index contributed by atoms with van der Waals surface area (Å²) in [6, 6.07) is 6.90. The van der Waals surface area contributed by atoms with E-state index in [1.165, 1.54) is 0 Å². The van der Waals surface area contributed by atoms with Crippen molar-refractivity contribution >= 4 is 38.9 Å². The summed E-state index contributed by atoms with van der Waals surface area (Å²) in [6.45, 7) is 2.45. The number of ether oxygens (including phenoxy) is 2. The molecule has 106 valence electrons. The largest absolute Gasteiger partial charge is 0.487 e. The van der Waals surface area contributed by atoms with Gasteiger partial charge in [-0.2, -0.15) is 0 Å². The molecule has 0 radical (unpaired) electrons. The number of anilines is 1. The summed E-state index contributed by atoms with van der Waals surface area (Å²) < 4.78 is 11.7. The first kappa shape index (κ1) is 14.9. The van der Waals surface area contributed by atoms with Gasteiger partial charge < -0.3 is 15.2 Å². The Labute approximate surface area is 129 Å². The molecule has 0 saturated heterocycles. The van der Waals surface area contributed by atoms with E-state index in [0.717, 1.165) is 9.35 Å². The molecule has 0 atom stereocenters. The van der Waals surface area contributed by atoms with Crippen LogP contribution in [-0.2, 0) is 11.3 Å². The number of nitrogen functional groups attached to an aromatic ring is 1. The second kappa shape index (κ2) is 6.76. The van der Waals surface area contributed by atoms with Crippen molar-refractivity contribution < 1.29 is 14.3 Å². The van der Waals surface area contributed by atoms with Crippen LogP contribution in [0.25, 0.3) is 0 Å². The van der Waals surface area contributed by atoms with Crippen LogP contribution in [0.15, 0.2) is 34.1 Å². The van der Waals surface area contributed by atoms with Crippen molar-refractivity contribution in [3.8, 4) is 5.75 Å². The molecule has 0 unspecified atom stereocenters. The zero-order valence-electron chi connectivity index (χ0n) is 10.9. The van der Waals surface area contributed by atoms with Gasteiger partial charge in [-0.3, -0.25) is 0 Å². The zero-order chi connectivity index (χ0) is 14.5. The van der Waals surface area contributed by atoms with Gasteiger partial charge in [-0.25, -0.2) is 4.79 Å². The molecule has 6 heteroatoms. The third-order valence-electron chi connectivity index (χ3n) is 2.55. The molecule has 0 bridgehead atoms. The van der Waals surface area contributed by atoms with Gasteiger partial charge in [0.1, 0.15) is 17.9 Å². The molecule has 0 aliphatic carbocycles. The highest BCUT2D eigenvalue weighted by Crippen LogP contribution is 2.27. The van der Waals surface area contributed by atoms with E-state index in [2.05, 4.69) is 15.9 Å². The number of benzene rings is 1. The van der Waals surface area contributed by atoms with Crippen molar-refractivity contribution in [1.29, 1.82) is 0 Å². The van der Waals surface area contributed by atoms with Crippen LogP contribution in [0.3, 0.4) is 0 Å². The number of nitrogens with two attached hydrogens (primary N) is 1. The zero-order valence-corrected chi connectivity index (χ0v) is 13.3.